The molecule has 21 heavy (non-hydrogen) atoms. The van der Waals surface area contributed by atoms with E-state index in [1.807, 2.05) is 22.8 Å². The van der Waals surface area contributed by atoms with Gasteiger partial charge in [0.15, 0.2) is 0 Å². The lowest BCUT2D eigenvalue weighted by Crippen LogP contribution is -2.13. The first kappa shape index (κ1) is 16.0. The van der Waals surface area contributed by atoms with Gasteiger partial charge in [-0.2, -0.15) is 0 Å². The summed E-state index contributed by atoms with van der Waals surface area (Å²) in [6, 6.07) is 5.61. The van der Waals surface area contributed by atoms with Crippen LogP contribution >= 0.6 is 11.6 Å². The summed E-state index contributed by atoms with van der Waals surface area (Å²) in [5, 5.41) is 0. The molecule has 0 saturated heterocycles. The third-order valence-electron chi connectivity index (χ3n) is 3.06. The van der Waals surface area contributed by atoms with Gasteiger partial charge in [0.25, 0.3) is 6.43 Å². The Morgan fingerprint density at radius 2 is 2.19 bits per heavy atom. The second-order valence-electron chi connectivity index (χ2n) is 4.41. The molecule has 0 saturated carbocycles. The third-order valence-corrected chi connectivity index (χ3v) is 3.25. The number of ether oxygens (including phenoxy) is 2. The lowest BCUT2D eigenvalue weighted by Gasteiger charge is -2.09. The SMILES string of the molecule is COc1cccc2c1nc(CCCl)n2CCOCC(F)F. The van der Waals surface area contributed by atoms with Gasteiger partial charge in [0.05, 0.1) is 19.2 Å². The first-order chi connectivity index (χ1) is 10.2. The van der Waals surface area contributed by atoms with E-state index < -0.39 is 13.0 Å². The molecule has 0 unspecified atom stereocenters. The average Bonchev–Trinajstić information content (AvgIpc) is 2.81. The highest BCUT2D eigenvalue weighted by atomic mass is 35.5. The molecule has 0 spiro atoms. The lowest BCUT2D eigenvalue weighted by atomic mass is 10.3. The quantitative estimate of drug-likeness (QED) is 0.554. The molecule has 4 nitrogen and oxygen atoms in total. The Labute approximate surface area is 126 Å². The maximum absolute atomic E-state index is 12.1. The molecule has 1 aromatic heterocycles. The maximum atomic E-state index is 12.1. The molecule has 0 amide bonds. The molecule has 0 N–H and O–H groups in total. The van der Waals surface area contributed by atoms with Crippen LogP contribution < -0.4 is 4.74 Å². The predicted molar refractivity (Wildman–Crippen MR) is 77.5 cm³/mol. The number of methoxy groups -OCH3 is 1. The number of para-hydroxylation sites is 1. The lowest BCUT2D eigenvalue weighted by molar-refractivity contribution is 0.0148. The maximum Gasteiger partial charge on any atom is 0.261 e. The number of hydrogen-bond acceptors (Lipinski definition) is 3. The number of fused-ring (bicyclic) bond motifs is 1. The van der Waals surface area contributed by atoms with Crippen LogP contribution in [0.3, 0.4) is 0 Å². The van der Waals surface area contributed by atoms with E-state index in [-0.39, 0.29) is 6.61 Å². The number of halogens is 3. The van der Waals surface area contributed by atoms with E-state index in [1.165, 1.54) is 0 Å². The largest absolute Gasteiger partial charge is 0.494 e. The summed E-state index contributed by atoms with van der Waals surface area (Å²) in [7, 11) is 1.58. The number of imidazole rings is 1. The van der Waals surface area contributed by atoms with Crippen molar-refractivity contribution in [2.75, 3.05) is 26.2 Å². The molecule has 0 bridgehead atoms. The minimum atomic E-state index is -2.45. The summed E-state index contributed by atoms with van der Waals surface area (Å²) in [6.07, 6.45) is -1.86. The van der Waals surface area contributed by atoms with Gasteiger partial charge in [-0.25, -0.2) is 13.8 Å². The number of aromatic nitrogens is 2. The fraction of sp³-hybridized carbons (Fsp3) is 0.500. The highest BCUT2D eigenvalue weighted by Gasteiger charge is 2.13. The van der Waals surface area contributed by atoms with Crippen molar-refractivity contribution in [3.8, 4) is 5.75 Å². The van der Waals surface area contributed by atoms with Crippen LogP contribution in [0.1, 0.15) is 5.82 Å². The molecular formula is C14H17ClF2N2O2. The van der Waals surface area contributed by atoms with Crippen LogP contribution in [0.2, 0.25) is 0 Å². The van der Waals surface area contributed by atoms with E-state index in [2.05, 4.69) is 4.98 Å². The van der Waals surface area contributed by atoms with E-state index >= 15 is 0 Å². The van der Waals surface area contributed by atoms with Crippen molar-refractivity contribution in [1.82, 2.24) is 9.55 Å². The first-order valence-corrected chi connectivity index (χ1v) is 7.14. The zero-order valence-electron chi connectivity index (χ0n) is 11.7. The molecule has 0 fully saturated rings. The van der Waals surface area contributed by atoms with Gasteiger partial charge in [-0.3, -0.25) is 0 Å². The molecule has 2 rings (SSSR count). The molecule has 0 radical (unpaired) electrons. The molecule has 2 aromatic rings. The number of nitrogens with zero attached hydrogens (tertiary/aromatic N) is 2. The van der Waals surface area contributed by atoms with E-state index in [4.69, 9.17) is 21.1 Å². The van der Waals surface area contributed by atoms with Crippen LogP contribution in [-0.2, 0) is 17.7 Å². The monoisotopic (exact) mass is 318 g/mol. The number of aryl methyl sites for hydroxylation is 1. The van der Waals surface area contributed by atoms with Crippen molar-refractivity contribution in [2.45, 2.75) is 19.4 Å². The van der Waals surface area contributed by atoms with Crippen molar-refractivity contribution in [1.29, 1.82) is 0 Å². The fourth-order valence-electron chi connectivity index (χ4n) is 2.19. The fourth-order valence-corrected chi connectivity index (χ4v) is 2.36. The Morgan fingerprint density at radius 3 is 2.86 bits per heavy atom. The normalized spacial score (nSPS) is 11.5. The molecule has 1 aromatic carbocycles. The number of rotatable bonds is 8. The van der Waals surface area contributed by atoms with Gasteiger partial charge in [-0.05, 0) is 12.1 Å². The van der Waals surface area contributed by atoms with E-state index in [1.54, 1.807) is 7.11 Å². The second-order valence-corrected chi connectivity index (χ2v) is 4.79. The van der Waals surface area contributed by atoms with E-state index in [9.17, 15) is 8.78 Å². The second kappa shape index (κ2) is 7.56. The van der Waals surface area contributed by atoms with E-state index in [0.29, 0.717) is 24.6 Å². The highest BCUT2D eigenvalue weighted by Crippen LogP contribution is 2.26. The Bertz CT molecular complexity index is 590. The zero-order chi connectivity index (χ0) is 15.2. The van der Waals surface area contributed by atoms with E-state index in [0.717, 1.165) is 16.9 Å². The topological polar surface area (TPSA) is 36.3 Å². The minimum absolute atomic E-state index is 0.197. The molecule has 0 aliphatic rings. The van der Waals surface area contributed by atoms with Crippen molar-refractivity contribution >= 4 is 22.6 Å². The summed E-state index contributed by atoms with van der Waals surface area (Å²) in [6.45, 7) is 0.0890. The average molecular weight is 319 g/mol. The van der Waals surface area contributed by atoms with Gasteiger partial charge in [-0.15, -0.1) is 11.6 Å². The summed E-state index contributed by atoms with van der Waals surface area (Å²) in [4.78, 5) is 4.54. The van der Waals surface area contributed by atoms with Crippen molar-refractivity contribution in [3.63, 3.8) is 0 Å². The van der Waals surface area contributed by atoms with Gasteiger partial charge >= 0.3 is 0 Å². The molecule has 0 aliphatic carbocycles. The molecule has 1 heterocycles. The van der Waals surface area contributed by atoms with Crippen LogP contribution in [0.15, 0.2) is 18.2 Å². The van der Waals surface area contributed by atoms with Crippen LogP contribution in [0.5, 0.6) is 5.75 Å². The highest BCUT2D eigenvalue weighted by molar-refractivity contribution is 6.17. The summed E-state index contributed by atoms with van der Waals surface area (Å²) >= 11 is 5.80. The van der Waals surface area contributed by atoms with Gasteiger partial charge in [0, 0.05) is 18.8 Å². The zero-order valence-corrected chi connectivity index (χ0v) is 12.4. The standard InChI is InChI=1S/C14H17ClF2N2O2/c1-20-11-4-2-3-10-14(11)18-13(5-6-15)19(10)7-8-21-9-12(16)17/h2-4,12H,5-9H2,1H3. The van der Waals surface area contributed by atoms with Crippen molar-refractivity contribution in [2.24, 2.45) is 0 Å². The molecule has 7 heteroatoms. The van der Waals surface area contributed by atoms with Crippen molar-refractivity contribution in [3.05, 3.63) is 24.0 Å². The van der Waals surface area contributed by atoms with Gasteiger partial charge in [0.2, 0.25) is 0 Å². The molecule has 0 atom stereocenters. The van der Waals surface area contributed by atoms with Crippen LogP contribution in [-0.4, -0.2) is 42.2 Å². The van der Waals surface area contributed by atoms with Crippen LogP contribution in [0.4, 0.5) is 8.78 Å². The number of hydrogen-bond donors (Lipinski definition) is 0. The molecular weight excluding hydrogens is 302 g/mol. The third kappa shape index (κ3) is 3.83. The Hall–Kier alpha value is -1.40. The predicted octanol–water partition coefficient (Wildman–Crippen LogP) is 3.11. The Kier molecular flexibility index (Phi) is 5.76. The smallest absolute Gasteiger partial charge is 0.261 e. The minimum Gasteiger partial charge on any atom is -0.494 e. The summed E-state index contributed by atoms with van der Waals surface area (Å²) < 4.78 is 36.3. The van der Waals surface area contributed by atoms with Crippen LogP contribution in [0.25, 0.3) is 11.0 Å². The molecule has 116 valence electrons. The van der Waals surface area contributed by atoms with Crippen molar-refractivity contribution < 1.29 is 18.3 Å². The Morgan fingerprint density at radius 1 is 1.38 bits per heavy atom. The number of benzene rings is 1. The number of alkyl halides is 3. The Balaban J connectivity index is 2.24. The molecule has 0 aliphatic heterocycles. The van der Waals surface area contributed by atoms with Crippen LogP contribution in [0, 0.1) is 0 Å². The summed E-state index contributed by atoms with van der Waals surface area (Å²) in [5.41, 5.74) is 1.63. The van der Waals surface area contributed by atoms with Gasteiger partial charge in [0.1, 0.15) is 23.7 Å². The first-order valence-electron chi connectivity index (χ1n) is 6.61. The van der Waals surface area contributed by atoms with Gasteiger partial charge in [-0.1, -0.05) is 6.07 Å². The van der Waals surface area contributed by atoms with Gasteiger partial charge < -0.3 is 14.0 Å². The summed E-state index contributed by atoms with van der Waals surface area (Å²) in [5.74, 6) is 1.91.